The van der Waals surface area contributed by atoms with Gasteiger partial charge in [-0.25, -0.2) is 0 Å². The third-order valence-electron chi connectivity index (χ3n) is 3.30. The van der Waals surface area contributed by atoms with E-state index in [2.05, 4.69) is 10.2 Å². The van der Waals surface area contributed by atoms with E-state index in [4.69, 9.17) is 0 Å². The van der Waals surface area contributed by atoms with Crippen LogP contribution in [0.4, 0.5) is 0 Å². The van der Waals surface area contributed by atoms with Gasteiger partial charge in [0.2, 0.25) is 0 Å². The second-order valence-corrected chi connectivity index (χ2v) is 4.30. The molecule has 0 amide bonds. The average Bonchev–Trinajstić information content (AvgIpc) is 2.98. The second-order valence-electron chi connectivity index (χ2n) is 4.30. The SMILES string of the molecule is O=C(O)C1(c2ccc(-n3cnnc3)cc2)CC1. The number of carbonyl (C=O) groups is 1. The van der Waals surface area contributed by atoms with Crippen LogP contribution < -0.4 is 0 Å². The number of aliphatic carboxylic acids is 1. The van der Waals surface area contributed by atoms with Gasteiger partial charge in [-0.3, -0.25) is 9.36 Å². The Hall–Kier alpha value is -2.17. The lowest BCUT2D eigenvalue weighted by molar-refractivity contribution is -0.140. The molecule has 1 aliphatic carbocycles. The maximum atomic E-state index is 11.2. The van der Waals surface area contributed by atoms with Gasteiger partial charge in [0.1, 0.15) is 12.7 Å². The zero-order chi connectivity index (χ0) is 11.9. The molecule has 1 heterocycles. The predicted octanol–water partition coefficient (Wildman–Crippen LogP) is 1.38. The lowest BCUT2D eigenvalue weighted by atomic mass is 9.96. The molecule has 0 aliphatic heterocycles. The number of hydrogen-bond acceptors (Lipinski definition) is 3. The molecule has 1 aromatic carbocycles. The monoisotopic (exact) mass is 229 g/mol. The fraction of sp³-hybridized carbons (Fsp3) is 0.250. The Bertz CT molecular complexity index is 542. The van der Waals surface area contributed by atoms with Crippen LogP contribution in [0, 0.1) is 0 Å². The van der Waals surface area contributed by atoms with E-state index in [0.717, 1.165) is 24.1 Å². The zero-order valence-corrected chi connectivity index (χ0v) is 9.08. The van der Waals surface area contributed by atoms with Crippen molar-refractivity contribution in [3.05, 3.63) is 42.5 Å². The topological polar surface area (TPSA) is 68.0 Å². The van der Waals surface area contributed by atoms with E-state index in [1.165, 1.54) is 0 Å². The van der Waals surface area contributed by atoms with Crippen LogP contribution in [0.1, 0.15) is 18.4 Å². The summed E-state index contributed by atoms with van der Waals surface area (Å²) in [6.45, 7) is 0. The molecule has 1 fully saturated rings. The highest BCUT2D eigenvalue weighted by Gasteiger charge is 2.51. The van der Waals surface area contributed by atoms with Gasteiger partial charge in [0, 0.05) is 5.69 Å². The summed E-state index contributed by atoms with van der Waals surface area (Å²) in [6.07, 6.45) is 4.68. The standard InChI is InChI=1S/C12H11N3O2/c16-11(17)12(5-6-12)9-1-3-10(4-2-9)15-7-13-14-8-15/h1-4,7-8H,5-6H2,(H,16,17). The molecule has 17 heavy (non-hydrogen) atoms. The molecule has 0 unspecified atom stereocenters. The highest BCUT2D eigenvalue weighted by atomic mass is 16.4. The molecule has 0 saturated heterocycles. The molecule has 3 rings (SSSR count). The Kier molecular flexibility index (Phi) is 2.01. The number of aromatic nitrogens is 3. The molecule has 0 atom stereocenters. The Morgan fingerprint density at radius 3 is 2.24 bits per heavy atom. The number of carboxylic acid groups (broad SMARTS) is 1. The fourth-order valence-corrected chi connectivity index (χ4v) is 2.04. The smallest absolute Gasteiger partial charge is 0.314 e. The summed E-state index contributed by atoms with van der Waals surface area (Å²) in [5, 5.41) is 16.6. The molecule has 1 N–H and O–H groups in total. The first kappa shape index (κ1) is 10.0. The molecule has 5 heteroatoms. The first-order chi connectivity index (χ1) is 8.22. The Morgan fingerprint density at radius 1 is 1.18 bits per heavy atom. The van der Waals surface area contributed by atoms with Crippen LogP contribution in [0.2, 0.25) is 0 Å². The quantitative estimate of drug-likeness (QED) is 0.863. The van der Waals surface area contributed by atoms with Crippen LogP contribution in [-0.4, -0.2) is 25.8 Å². The molecule has 2 aromatic rings. The van der Waals surface area contributed by atoms with E-state index in [1.54, 1.807) is 17.2 Å². The summed E-state index contributed by atoms with van der Waals surface area (Å²) >= 11 is 0. The highest BCUT2D eigenvalue weighted by molar-refractivity contribution is 5.84. The van der Waals surface area contributed by atoms with E-state index in [9.17, 15) is 9.90 Å². The maximum absolute atomic E-state index is 11.2. The summed E-state index contributed by atoms with van der Waals surface area (Å²) in [6, 6.07) is 7.52. The molecule has 1 saturated carbocycles. The van der Waals surface area contributed by atoms with Crippen molar-refractivity contribution in [3.8, 4) is 5.69 Å². The van der Waals surface area contributed by atoms with Gasteiger partial charge >= 0.3 is 5.97 Å². The van der Waals surface area contributed by atoms with Gasteiger partial charge in [-0.1, -0.05) is 12.1 Å². The van der Waals surface area contributed by atoms with Crippen LogP contribution in [0.25, 0.3) is 5.69 Å². The molecule has 0 radical (unpaired) electrons. The van der Waals surface area contributed by atoms with Crippen molar-refractivity contribution < 1.29 is 9.90 Å². The van der Waals surface area contributed by atoms with E-state index in [1.807, 2.05) is 24.3 Å². The van der Waals surface area contributed by atoms with Crippen molar-refractivity contribution in [2.75, 3.05) is 0 Å². The Morgan fingerprint density at radius 2 is 1.76 bits per heavy atom. The Labute approximate surface area is 97.7 Å². The van der Waals surface area contributed by atoms with Crippen molar-refractivity contribution in [1.29, 1.82) is 0 Å². The van der Waals surface area contributed by atoms with Gasteiger partial charge in [0.25, 0.3) is 0 Å². The summed E-state index contributed by atoms with van der Waals surface area (Å²) in [5.41, 5.74) is 1.17. The van der Waals surface area contributed by atoms with Crippen LogP contribution in [-0.2, 0) is 10.2 Å². The van der Waals surface area contributed by atoms with Crippen LogP contribution in [0.15, 0.2) is 36.9 Å². The van der Waals surface area contributed by atoms with Gasteiger partial charge in [-0.15, -0.1) is 10.2 Å². The van der Waals surface area contributed by atoms with Crippen molar-refractivity contribution in [3.63, 3.8) is 0 Å². The molecular formula is C12H11N3O2. The molecule has 86 valence electrons. The molecule has 1 aromatic heterocycles. The minimum atomic E-state index is -0.727. The number of hydrogen-bond donors (Lipinski definition) is 1. The van der Waals surface area contributed by atoms with Crippen molar-refractivity contribution in [2.24, 2.45) is 0 Å². The average molecular weight is 229 g/mol. The first-order valence-corrected chi connectivity index (χ1v) is 5.41. The van der Waals surface area contributed by atoms with E-state index >= 15 is 0 Å². The van der Waals surface area contributed by atoms with Crippen LogP contribution in [0.3, 0.4) is 0 Å². The fourth-order valence-electron chi connectivity index (χ4n) is 2.04. The summed E-state index contributed by atoms with van der Waals surface area (Å²) in [5.74, 6) is -0.727. The van der Waals surface area contributed by atoms with Gasteiger partial charge in [-0.05, 0) is 30.5 Å². The Balaban J connectivity index is 1.94. The maximum Gasteiger partial charge on any atom is 0.314 e. The van der Waals surface area contributed by atoms with Crippen LogP contribution in [0.5, 0.6) is 0 Å². The van der Waals surface area contributed by atoms with Crippen molar-refractivity contribution >= 4 is 5.97 Å². The summed E-state index contributed by atoms with van der Waals surface area (Å²) in [7, 11) is 0. The minimum absolute atomic E-state index is 0.633. The van der Waals surface area contributed by atoms with Gasteiger partial charge in [0.15, 0.2) is 0 Å². The molecule has 0 bridgehead atoms. The lowest BCUT2D eigenvalue weighted by Crippen LogP contribution is -2.19. The second kappa shape index (κ2) is 3.41. The van der Waals surface area contributed by atoms with Gasteiger partial charge < -0.3 is 5.11 Å². The largest absolute Gasteiger partial charge is 0.481 e. The number of benzene rings is 1. The lowest BCUT2D eigenvalue weighted by Gasteiger charge is -2.10. The molecule has 1 aliphatic rings. The van der Waals surface area contributed by atoms with E-state index in [0.29, 0.717) is 0 Å². The summed E-state index contributed by atoms with van der Waals surface area (Å²) < 4.78 is 1.78. The molecular weight excluding hydrogens is 218 g/mol. The van der Waals surface area contributed by atoms with Gasteiger partial charge in [-0.2, -0.15) is 0 Å². The van der Waals surface area contributed by atoms with Crippen molar-refractivity contribution in [2.45, 2.75) is 18.3 Å². The zero-order valence-electron chi connectivity index (χ0n) is 9.08. The predicted molar refractivity (Wildman–Crippen MR) is 59.9 cm³/mol. The summed E-state index contributed by atoms with van der Waals surface area (Å²) in [4.78, 5) is 11.2. The first-order valence-electron chi connectivity index (χ1n) is 5.41. The highest BCUT2D eigenvalue weighted by Crippen LogP contribution is 2.48. The number of nitrogens with zero attached hydrogens (tertiary/aromatic N) is 3. The van der Waals surface area contributed by atoms with E-state index < -0.39 is 11.4 Å². The third-order valence-corrected chi connectivity index (χ3v) is 3.30. The van der Waals surface area contributed by atoms with Crippen LogP contribution >= 0.6 is 0 Å². The molecule has 5 nitrogen and oxygen atoms in total. The third kappa shape index (κ3) is 1.51. The molecule has 0 spiro atoms. The number of rotatable bonds is 3. The van der Waals surface area contributed by atoms with E-state index in [-0.39, 0.29) is 0 Å². The minimum Gasteiger partial charge on any atom is -0.481 e. The van der Waals surface area contributed by atoms with Gasteiger partial charge in [0.05, 0.1) is 5.41 Å². The normalized spacial score (nSPS) is 16.7. The van der Waals surface area contributed by atoms with Crippen molar-refractivity contribution in [1.82, 2.24) is 14.8 Å². The number of carboxylic acids is 1.